The predicted octanol–water partition coefficient (Wildman–Crippen LogP) is 0.771. The zero-order chi connectivity index (χ0) is 7.11. The normalized spacial score (nSPS) is 8.20. The molecule has 0 atom stereocenters. The summed E-state index contributed by atoms with van der Waals surface area (Å²) in [6.07, 6.45) is 3.62. The first-order valence-corrected chi connectivity index (χ1v) is 3.52. The Morgan fingerprint density at radius 2 is 2.10 bits per heavy atom. The molecule has 0 radical (unpaired) electrons. The zero-order valence-corrected chi connectivity index (χ0v) is 11.2. The van der Waals surface area contributed by atoms with Crippen molar-refractivity contribution < 1.29 is 8.98 Å². The molecule has 62 valence electrons. The molecule has 10 heavy (non-hydrogen) atoms. The summed E-state index contributed by atoms with van der Waals surface area (Å²) in [4.78, 5) is 10.4. The van der Waals surface area contributed by atoms with Gasteiger partial charge in [-0.1, -0.05) is 19.8 Å². The molecule has 4 heteroatoms. The Morgan fingerprint density at radius 1 is 1.50 bits per heavy atom. The maximum atomic E-state index is 10.4. The van der Waals surface area contributed by atoms with Gasteiger partial charge in [-0.3, -0.25) is 4.79 Å². The molecule has 0 aliphatic carbocycles. The molecule has 0 bridgehead atoms. The topological polar surface area (TPSA) is 26.3 Å². The van der Waals surface area contributed by atoms with Gasteiger partial charge < -0.3 is 4.18 Å². The fourth-order valence-corrected chi connectivity index (χ4v) is 0.656. The van der Waals surface area contributed by atoms with Gasteiger partial charge in [-0.05, 0) is 6.42 Å². The van der Waals surface area contributed by atoms with Gasteiger partial charge in [0.05, 0.1) is 0 Å². The number of rotatable bonds is 4. The van der Waals surface area contributed by atoms with E-state index in [1.807, 2.05) is 0 Å². The minimum absolute atomic E-state index is 0. The fourth-order valence-electron chi connectivity index (χ4n) is 0.565. The first kappa shape index (κ1) is 13.2. The van der Waals surface area contributed by atoms with Crippen molar-refractivity contribution >= 4 is 43.3 Å². The van der Waals surface area contributed by atoms with Crippen molar-refractivity contribution in [1.29, 1.82) is 0 Å². The van der Waals surface area contributed by atoms with Gasteiger partial charge >= 0.3 is 30.4 Å². The van der Waals surface area contributed by atoms with Gasteiger partial charge in [0, 0.05) is 19.3 Å². The van der Waals surface area contributed by atoms with Crippen LogP contribution in [0.4, 0.5) is 0 Å². The van der Waals surface area contributed by atoms with Crippen LogP contribution in [0.25, 0.3) is 0 Å². The average molecular weight is 273 g/mol. The van der Waals surface area contributed by atoms with Crippen LogP contribution >= 0.6 is 12.9 Å². The standard InChI is InChI=1S/C6H12O2S.Sb.3H/c1-2-3-4-5-6(7)8-9;;;;/h9H,2-5H2,1H3;;;;. The van der Waals surface area contributed by atoms with Crippen LogP contribution in [0.15, 0.2) is 0 Å². The summed E-state index contributed by atoms with van der Waals surface area (Å²) in [5.74, 6) is -0.230. The number of unbranched alkanes of at least 4 members (excludes halogenated alkanes) is 2. The van der Waals surface area contributed by atoms with Gasteiger partial charge in [0.25, 0.3) is 0 Å². The van der Waals surface area contributed by atoms with E-state index in [0.717, 1.165) is 19.3 Å². The van der Waals surface area contributed by atoms with Gasteiger partial charge in [0.15, 0.2) is 0 Å². The Morgan fingerprint density at radius 3 is 2.50 bits per heavy atom. The van der Waals surface area contributed by atoms with Crippen LogP contribution in [-0.4, -0.2) is 30.4 Å². The van der Waals surface area contributed by atoms with E-state index < -0.39 is 0 Å². The van der Waals surface area contributed by atoms with Crippen LogP contribution < -0.4 is 0 Å². The molecule has 0 rings (SSSR count). The molecule has 2 nitrogen and oxygen atoms in total. The number of carbonyl (C=O) groups is 1. The summed E-state index contributed by atoms with van der Waals surface area (Å²) in [6, 6.07) is 0. The summed E-state index contributed by atoms with van der Waals surface area (Å²) in [5, 5.41) is 0. The van der Waals surface area contributed by atoms with Gasteiger partial charge in [0.2, 0.25) is 0 Å². The quantitative estimate of drug-likeness (QED) is 0.354. The fraction of sp³-hybridized carbons (Fsp3) is 0.833. The van der Waals surface area contributed by atoms with Crippen molar-refractivity contribution in [1.82, 2.24) is 0 Å². The van der Waals surface area contributed by atoms with E-state index in [4.69, 9.17) is 0 Å². The van der Waals surface area contributed by atoms with E-state index in [0.29, 0.717) is 6.42 Å². The van der Waals surface area contributed by atoms with Gasteiger partial charge in [-0.25, -0.2) is 0 Å². The first-order valence-electron chi connectivity index (χ1n) is 3.15. The van der Waals surface area contributed by atoms with Crippen molar-refractivity contribution in [3.63, 3.8) is 0 Å². The molecule has 0 aromatic rings. The van der Waals surface area contributed by atoms with E-state index in [1.54, 1.807) is 0 Å². The van der Waals surface area contributed by atoms with E-state index in [1.165, 1.54) is 0 Å². The molecule has 0 heterocycles. The molecule has 0 unspecified atom stereocenters. The van der Waals surface area contributed by atoms with Crippen molar-refractivity contribution in [2.45, 2.75) is 32.6 Å². The van der Waals surface area contributed by atoms with Gasteiger partial charge in [-0.2, -0.15) is 0 Å². The second kappa shape index (κ2) is 9.64. The SMILES string of the molecule is CCCCCC(=O)OS.[SbH3]. The molecular formula is C6H15O2SSb. The Balaban J connectivity index is 0. The molecule has 0 spiro atoms. The molecule has 0 aliphatic rings. The monoisotopic (exact) mass is 272 g/mol. The van der Waals surface area contributed by atoms with Crippen LogP contribution in [0.5, 0.6) is 0 Å². The first-order chi connectivity index (χ1) is 4.31. The van der Waals surface area contributed by atoms with Crippen LogP contribution in [0.1, 0.15) is 32.6 Å². The third-order valence-corrected chi connectivity index (χ3v) is 1.29. The number of hydrogen-bond donors (Lipinski definition) is 1. The van der Waals surface area contributed by atoms with Crippen molar-refractivity contribution in [2.75, 3.05) is 0 Å². The van der Waals surface area contributed by atoms with Crippen LogP contribution in [0.2, 0.25) is 0 Å². The number of hydrogen-bond acceptors (Lipinski definition) is 3. The molecule has 0 saturated carbocycles. The Labute approximate surface area is 84.8 Å². The van der Waals surface area contributed by atoms with Gasteiger partial charge in [-0.15, -0.1) is 0 Å². The van der Waals surface area contributed by atoms with E-state index >= 15 is 0 Å². The molecule has 0 fully saturated rings. The summed E-state index contributed by atoms with van der Waals surface area (Å²) in [7, 11) is 0. The molecule has 0 amide bonds. The van der Waals surface area contributed by atoms with E-state index in [9.17, 15) is 4.79 Å². The molecule has 0 saturated heterocycles. The number of carbonyl (C=O) groups excluding carboxylic acids is 1. The van der Waals surface area contributed by atoms with E-state index in [-0.39, 0.29) is 30.4 Å². The van der Waals surface area contributed by atoms with Crippen LogP contribution in [0.3, 0.4) is 0 Å². The summed E-state index contributed by atoms with van der Waals surface area (Å²) in [6.45, 7) is 2.09. The minimum atomic E-state index is -0.230. The average Bonchev–Trinajstić information content (AvgIpc) is 1.89. The number of thiol groups is 1. The third kappa shape index (κ3) is 8.64. The maximum absolute atomic E-state index is 10.4. The predicted molar refractivity (Wildman–Crippen MR) is 49.2 cm³/mol. The van der Waals surface area contributed by atoms with Crippen molar-refractivity contribution in [3.8, 4) is 0 Å². The molecule has 0 aromatic carbocycles. The van der Waals surface area contributed by atoms with Gasteiger partial charge in [0.1, 0.15) is 0 Å². The summed E-state index contributed by atoms with van der Waals surface area (Å²) in [5.41, 5.74) is 0. The zero-order valence-electron chi connectivity index (χ0n) is 6.30. The van der Waals surface area contributed by atoms with Crippen LogP contribution in [-0.2, 0) is 8.98 Å². The molecular weight excluding hydrogens is 258 g/mol. The molecule has 0 aliphatic heterocycles. The second-order valence-corrected chi connectivity index (χ2v) is 2.10. The molecule has 0 aromatic heterocycles. The second-order valence-electron chi connectivity index (χ2n) is 1.92. The summed E-state index contributed by atoms with van der Waals surface area (Å²) >= 11 is 3.37. The Bertz CT molecular complexity index is 87.8. The van der Waals surface area contributed by atoms with Crippen molar-refractivity contribution in [2.24, 2.45) is 0 Å². The van der Waals surface area contributed by atoms with E-state index in [2.05, 4.69) is 24.0 Å². The molecule has 0 N–H and O–H groups in total. The Hall–Kier alpha value is 0.638. The summed E-state index contributed by atoms with van der Waals surface area (Å²) < 4.78 is 4.15. The Kier molecular flexibility index (Phi) is 12.8. The third-order valence-electron chi connectivity index (χ3n) is 1.09. The van der Waals surface area contributed by atoms with Crippen LogP contribution in [0, 0.1) is 0 Å². The van der Waals surface area contributed by atoms with Crippen molar-refractivity contribution in [3.05, 3.63) is 0 Å².